The maximum absolute atomic E-state index is 9.54. The zero-order valence-electron chi connectivity index (χ0n) is 9.74. The molecule has 4 nitrogen and oxygen atoms in total. The lowest BCUT2D eigenvalue weighted by atomic mass is 9.82. The van der Waals surface area contributed by atoms with Crippen molar-refractivity contribution in [2.45, 2.75) is 44.6 Å². The van der Waals surface area contributed by atoms with Crippen molar-refractivity contribution in [3.8, 4) is 0 Å². The summed E-state index contributed by atoms with van der Waals surface area (Å²) in [7, 11) is 0. The molecule has 0 aromatic carbocycles. The Morgan fingerprint density at radius 1 is 1.25 bits per heavy atom. The fourth-order valence-electron chi connectivity index (χ4n) is 2.25. The molecule has 0 radical (unpaired) electrons. The summed E-state index contributed by atoms with van der Waals surface area (Å²) in [4.78, 5) is 8.46. The molecule has 88 valence electrons. The number of anilines is 1. The highest BCUT2D eigenvalue weighted by Crippen LogP contribution is 2.30. The van der Waals surface area contributed by atoms with Crippen molar-refractivity contribution >= 4 is 5.95 Å². The predicted octanol–water partition coefficient (Wildman–Crippen LogP) is 1.89. The second-order valence-electron chi connectivity index (χ2n) is 4.71. The molecule has 1 heterocycles. The average molecular weight is 221 g/mol. The van der Waals surface area contributed by atoms with E-state index in [4.69, 9.17) is 0 Å². The standard InChI is InChI=1S/C12H19N3O/c1-10-7-13-11(14-8-10)15-12(9-16)5-3-2-4-6-12/h7-8,16H,2-6,9H2,1H3,(H,13,14,15). The van der Waals surface area contributed by atoms with E-state index in [0.717, 1.165) is 18.4 Å². The van der Waals surface area contributed by atoms with Crippen LogP contribution in [0.15, 0.2) is 12.4 Å². The molecule has 1 aliphatic carbocycles. The minimum Gasteiger partial charge on any atom is -0.394 e. The fraction of sp³-hybridized carbons (Fsp3) is 0.667. The van der Waals surface area contributed by atoms with E-state index in [1.54, 1.807) is 12.4 Å². The Kier molecular flexibility index (Phi) is 3.39. The summed E-state index contributed by atoms with van der Waals surface area (Å²) < 4.78 is 0. The number of hydrogen-bond acceptors (Lipinski definition) is 4. The molecule has 0 unspecified atom stereocenters. The average Bonchev–Trinajstić information content (AvgIpc) is 2.33. The SMILES string of the molecule is Cc1cnc(NC2(CO)CCCCC2)nc1. The van der Waals surface area contributed by atoms with Crippen molar-refractivity contribution in [2.24, 2.45) is 0 Å². The zero-order chi connectivity index (χ0) is 11.4. The summed E-state index contributed by atoms with van der Waals surface area (Å²) >= 11 is 0. The molecule has 1 saturated carbocycles. The van der Waals surface area contributed by atoms with E-state index in [1.807, 2.05) is 6.92 Å². The molecule has 0 atom stereocenters. The number of rotatable bonds is 3. The first-order valence-electron chi connectivity index (χ1n) is 5.92. The Labute approximate surface area is 96.1 Å². The van der Waals surface area contributed by atoms with Crippen molar-refractivity contribution in [3.63, 3.8) is 0 Å². The van der Waals surface area contributed by atoms with Gasteiger partial charge in [0, 0.05) is 12.4 Å². The van der Waals surface area contributed by atoms with Gasteiger partial charge in [0.15, 0.2) is 0 Å². The van der Waals surface area contributed by atoms with Crippen LogP contribution >= 0.6 is 0 Å². The number of aromatic nitrogens is 2. The Balaban J connectivity index is 2.08. The second-order valence-corrected chi connectivity index (χ2v) is 4.71. The van der Waals surface area contributed by atoms with Gasteiger partial charge in [-0.25, -0.2) is 9.97 Å². The largest absolute Gasteiger partial charge is 0.394 e. The maximum Gasteiger partial charge on any atom is 0.223 e. The normalized spacial score (nSPS) is 19.4. The van der Waals surface area contributed by atoms with Crippen LogP contribution in [-0.4, -0.2) is 27.2 Å². The molecule has 0 aliphatic heterocycles. The van der Waals surface area contributed by atoms with E-state index >= 15 is 0 Å². The Morgan fingerprint density at radius 2 is 1.88 bits per heavy atom. The number of nitrogens with one attached hydrogen (secondary N) is 1. The Hall–Kier alpha value is -1.16. The first-order valence-corrected chi connectivity index (χ1v) is 5.92. The van der Waals surface area contributed by atoms with Crippen LogP contribution in [-0.2, 0) is 0 Å². The van der Waals surface area contributed by atoms with E-state index in [1.165, 1.54) is 19.3 Å². The third-order valence-electron chi connectivity index (χ3n) is 3.27. The minimum atomic E-state index is -0.201. The van der Waals surface area contributed by atoms with Gasteiger partial charge in [-0.2, -0.15) is 0 Å². The lowest BCUT2D eigenvalue weighted by Crippen LogP contribution is -2.44. The molecule has 1 aliphatic rings. The van der Waals surface area contributed by atoms with Crippen LogP contribution in [0.1, 0.15) is 37.7 Å². The molecule has 2 N–H and O–H groups in total. The molecule has 16 heavy (non-hydrogen) atoms. The molecule has 1 fully saturated rings. The van der Waals surface area contributed by atoms with Crippen LogP contribution in [0.25, 0.3) is 0 Å². The molecule has 2 rings (SSSR count). The van der Waals surface area contributed by atoms with Crippen molar-refractivity contribution < 1.29 is 5.11 Å². The van der Waals surface area contributed by atoms with E-state index < -0.39 is 0 Å². The van der Waals surface area contributed by atoms with Crippen LogP contribution in [0.2, 0.25) is 0 Å². The molecule has 1 aromatic rings. The van der Waals surface area contributed by atoms with Gasteiger partial charge in [0.25, 0.3) is 0 Å². The van der Waals surface area contributed by atoms with Crippen molar-refractivity contribution in [1.29, 1.82) is 0 Å². The highest BCUT2D eigenvalue weighted by atomic mass is 16.3. The van der Waals surface area contributed by atoms with Gasteiger partial charge in [-0.15, -0.1) is 0 Å². The number of aliphatic hydroxyl groups is 1. The summed E-state index contributed by atoms with van der Waals surface area (Å²) in [6.45, 7) is 2.12. The topological polar surface area (TPSA) is 58.0 Å². The number of nitrogens with zero attached hydrogens (tertiary/aromatic N) is 2. The maximum atomic E-state index is 9.54. The molecule has 4 heteroatoms. The third kappa shape index (κ3) is 2.50. The summed E-state index contributed by atoms with van der Waals surface area (Å²) in [5.74, 6) is 0.626. The van der Waals surface area contributed by atoms with Crippen molar-refractivity contribution in [1.82, 2.24) is 9.97 Å². The fourth-order valence-corrected chi connectivity index (χ4v) is 2.25. The number of hydrogen-bond donors (Lipinski definition) is 2. The van der Waals surface area contributed by atoms with Crippen molar-refractivity contribution in [3.05, 3.63) is 18.0 Å². The first kappa shape index (κ1) is 11.3. The lowest BCUT2D eigenvalue weighted by Gasteiger charge is -2.36. The third-order valence-corrected chi connectivity index (χ3v) is 3.27. The van der Waals surface area contributed by atoms with Gasteiger partial charge in [-0.05, 0) is 25.3 Å². The quantitative estimate of drug-likeness (QED) is 0.818. The van der Waals surface area contributed by atoms with Gasteiger partial charge in [-0.3, -0.25) is 0 Å². The Bertz CT molecular complexity index is 331. The second kappa shape index (κ2) is 4.78. The first-order chi connectivity index (χ1) is 7.74. The van der Waals surface area contributed by atoms with Gasteiger partial charge < -0.3 is 10.4 Å². The van der Waals surface area contributed by atoms with E-state index in [-0.39, 0.29) is 12.1 Å². The Morgan fingerprint density at radius 3 is 2.44 bits per heavy atom. The van der Waals surface area contributed by atoms with Crippen molar-refractivity contribution in [2.75, 3.05) is 11.9 Å². The van der Waals surface area contributed by atoms with Crippen LogP contribution in [0.5, 0.6) is 0 Å². The lowest BCUT2D eigenvalue weighted by molar-refractivity contribution is 0.172. The highest BCUT2D eigenvalue weighted by molar-refractivity contribution is 5.30. The van der Waals surface area contributed by atoms with Gasteiger partial charge in [-0.1, -0.05) is 19.3 Å². The highest BCUT2D eigenvalue weighted by Gasteiger charge is 2.31. The molecular formula is C12H19N3O. The van der Waals surface area contributed by atoms with E-state index in [9.17, 15) is 5.11 Å². The van der Waals surface area contributed by atoms with Gasteiger partial charge in [0.1, 0.15) is 0 Å². The zero-order valence-corrected chi connectivity index (χ0v) is 9.74. The molecule has 0 saturated heterocycles. The van der Waals surface area contributed by atoms with Gasteiger partial charge in [0.05, 0.1) is 12.1 Å². The predicted molar refractivity (Wildman–Crippen MR) is 63.3 cm³/mol. The number of aliphatic hydroxyl groups excluding tert-OH is 1. The van der Waals surface area contributed by atoms with Crippen LogP contribution in [0.3, 0.4) is 0 Å². The summed E-state index contributed by atoms with van der Waals surface area (Å²) in [5.41, 5.74) is 0.847. The molecule has 1 aromatic heterocycles. The number of aryl methyl sites for hydroxylation is 1. The monoisotopic (exact) mass is 221 g/mol. The summed E-state index contributed by atoms with van der Waals surface area (Å²) in [6.07, 6.45) is 9.19. The molecular weight excluding hydrogens is 202 g/mol. The van der Waals surface area contributed by atoms with Gasteiger partial charge >= 0.3 is 0 Å². The van der Waals surface area contributed by atoms with Crippen LogP contribution in [0.4, 0.5) is 5.95 Å². The van der Waals surface area contributed by atoms with Crippen LogP contribution in [0, 0.1) is 6.92 Å². The summed E-state index contributed by atoms with van der Waals surface area (Å²) in [6, 6.07) is 0. The molecule has 0 amide bonds. The minimum absolute atomic E-state index is 0.157. The summed E-state index contributed by atoms with van der Waals surface area (Å²) in [5, 5.41) is 12.8. The van der Waals surface area contributed by atoms with Crippen LogP contribution < -0.4 is 5.32 Å². The molecule has 0 spiro atoms. The smallest absolute Gasteiger partial charge is 0.223 e. The van der Waals surface area contributed by atoms with E-state index in [0.29, 0.717) is 5.95 Å². The van der Waals surface area contributed by atoms with E-state index in [2.05, 4.69) is 15.3 Å². The molecule has 0 bridgehead atoms. The van der Waals surface area contributed by atoms with Gasteiger partial charge in [0.2, 0.25) is 5.95 Å².